The lowest BCUT2D eigenvalue weighted by Gasteiger charge is -2.21. The molecule has 140 valence electrons. The number of carbonyl (C=O) groups is 1. The Bertz CT molecular complexity index is 848. The molecule has 1 N–H and O–H groups in total. The Labute approximate surface area is 159 Å². The molecule has 0 aliphatic carbocycles. The van der Waals surface area contributed by atoms with Crippen molar-refractivity contribution in [3.8, 4) is 0 Å². The fourth-order valence-electron chi connectivity index (χ4n) is 2.44. The van der Waals surface area contributed by atoms with Crippen LogP contribution in [-0.4, -0.2) is 36.7 Å². The SMILES string of the molecule is CCCN(CCC)S(=O)(=O)c1cccc(C(=O)Nc2ccc(Cl)cn2)c1. The summed E-state index contributed by atoms with van der Waals surface area (Å²) >= 11 is 5.77. The number of carbonyl (C=O) groups excluding carboxylic acids is 1. The van der Waals surface area contributed by atoms with Gasteiger partial charge in [-0.2, -0.15) is 4.31 Å². The maximum Gasteiger partial charge on any atom is 0.256 e. The van der Waals surface area contributed by atoms with Crippen molar-refractivity contribution in [1.29, 1.82) is 0 Å². The van der Waals surface area contributed by atoms with E-state index in [0.717, 1.165) is 12.8 Å². The van der Waals surface area contributed by atoms with Gasteiger partial charge in [-0.1, -0.05) is 31.5 Å². The number of aromatic nitrogens is 1. The zero-order valence-electron chi connectivity index (χ0n) is 14.8. The van der Waals surface area contributed by atoms with Crippen LogP contribution in [0.2, 0.25) is 5.02 Å². The first-order valence-electron chi connectivity index (χ1n) is 8.41. The van der Waals surface area contributed by atoms with Gasteiger partial charge in [0.2, 0.25) is 10.0 Å². The number of benzene rings is 1. The number of sulfonamides is 1. The van der Waals surface area contributed by atoms with Crippen LogP contribution in [0.4, 0.5) is 5.82 Å². The number of hydrogen-bond acceptors (Lipinski definition) is 4. The third kappa shape index (κ3) is 5.03. The fourth-order valence-corrected chi connectivity index (χ4v) is 4.22. The van der Waals surface area contributed by atoms with Crippen molar-refractivity contribution in [3.05, 3.63) is 53.2 Å². The summed E-state index contributed by atoms with van der Waals surface area (Å²) in [6, 6.07) is 9.20. The van der Waals surface area contributed by atoms with Gasteiger partial charge in [-0.05, 0) is 43.2 Å². The molecule has 0 aliphatic heterocycles. The first-order chi connectivity index (χ1) is 12.4. The summed E-state index contributed by atoms with van der Waals surface area (Å²) in [4.78, 5) is 16.5. The van der Waals surface area contributed by atoms with E-state index in [-0.39, 0.29) is 10.5 Å². The molecule has 2 rings (SSSR count). The minimum Gasteiger partial charge on any atom is -0.307 e. The average molecular weight is 396 g/mol. The highest BCUT2D eigenvalue weighted by atomic mass is 35.5. The van der Waals surface area contributed by atoms with Gasteiger partial charge < -0.3 is 5.32 Å². The molecule has 1 aromatic carbocycles. The summed E-state index contributed by atoms with van der Waals surface area (Å²) in [6.45, 7) is 4.75. The monoisotopic (exact) mass is 395 g/mol. The fraction of sp³-hybridized carbons (Fsp3) is 0.333. The second-order valence-corrected chi connectivity index (χ2v) is 8.12. The molecule has 0 spiro atoms. The first-order valence-corrected chi connectivity index (χ1v) is 10.2. The van der Waals surface area contributed by atoms with E-state index in [1.165, 1.54) is 22.6 Å². The van der Waals surface area contributed by atoms with Gasteiger partial charge in [-0.25, -0.2) is 13.4 Å². The maximum atomic E-state index is 12.9. The molecule has 0 atom stereocenters. The van der Waals surface area contributed by atoms with Crippen molar-refractivity contribution in [2.24, 2.45) is 0 Å². The van der Waals surface area contributed by atoms with Crippen LogP contribution >= 0.6 is 11.6 Å². The molecule has 0 unspecified atom stereocenters. The van der Waals surface area contributed by atoms with E-state index < -0.39 is 15.9 Å². The topological polar surface area (TPSA) is 79.4 Å². The molecule has 1 aromatic heterocycles. The molecular formula is C18H22ClN3O3S. The van der Waals surface area contributed by atoms with E-state index in [1.54, 1.807) is 24.3 Å². The van der Waals surface area contributed by atoms with Crippen molar-refractivity contribution in [2.75, 3.05) is 18.4 Å². The first kappa shape index (κ1) is 20.4. The lowest BCUT2D eigenvalue weighted by molar-refractivity contribution is 0.102. The van der Waals surface area contributed by atoms with Gasteiger partial charge in [0.1, 0.15) is 5.82 Å². The molecule has 6 nitrogen and oxygen atoms in total. The average Bonchev–Trinajstić information content (AvgIpc) is 2.63. The molecule has 1 amide bonds. The number of pyridine rings is 1. The number of hydrogen-bond donors (Lipinski definition) is 1. The van der Waals surface area contributed by atoms with Crippen molar-refractivity contribution in [3.63, 3.8) is 0 Å². The largest absolute Gasteiger partial charge is 0.307 e. The summed E-state index contributed by atoms with van der Waals surface area (Å²) in [7, 11) is -3.64. The van der Waals surface area contributed by atoms with Gasteiger partial charge in [0.25, 0.3) is 5.91 Å². The number of amides is 1. The van der Waals surface area contributed by atoms with Crippen molar-refractivity contribution in [2.45, 2.75) is 31.6 Å². The van der Waals surface area contributed by atoms with E-state index in [4.69, 9.17) is 11.6 Å². The number of rotatable bonds is 8. The Morgan fingerprint density at radius 3 is 2.42 bits per heavy atom. The van der Waals surface area contributed by atoms with Crippen LogP contribution in [0.15, 0.2) is 47.5 Å². The molecule has 0 radical (unpaired) electrons. The highest BCUT2D eigenvalue weighted by Crippen LogP contribution is 2.19. The van der Waals surface area contributed by atoms with E-state index in [1.807, 2.05) is 13.8 Å². The van der Waals surface area contributed by atoms with Gasteiger partial charge in [0.05, 0.1) is 9.92 Å². The molecule has 0 bridgehead atoms. The van der Waals surface area contributed by atoms with Gasteiger partial charge in [0.15, 0.2) is 0 Å². The van der Waals surface area contributed by atoms with E-state index in [0.29, 0.717) is 23.9 Å². The molecule has 0 fully saturated rings. The second-order valence-electron chi connectivity index (χ2n) is 5.75. The number of anilines is 1. The van der Waals surface area contributed by atoms with Gasteiger partial charge in [0, 0.05) is 24.8 Å². The van der Waals surface area contributed by atoms with Gasteiger partial charge in [-0.3, -0.25) is 4.79 Å². The van der Waals surface area contributed by atoms with Crippen LogP contribution in [0.5, 0.6) is 0 Å². The normalized spacial score (nSPS) is 11.5. The summed E-state index contributed by atoms with van der Waals surface area (Å²) in [5.74, 6) is -0.0966. The zero-order valence-corrected chi connectivity index (χ0v) is 16.3. The summed E-state index contributed by atoms with van der Waals surface area (Å²) in [5, 5.41) is 3.09. The number of nitrogens with one attached hydrogen (secondary N) is 1. The van der Waals surface area contributed by atoms with E-state index in [9.17, 15) is 13.2 Å². The van der Waals surface area contributed by atoms with Crippen molar-refractivity contribution in [1.82, 2.24) is 9.29 Å². The molecular weight excluding hydrogens is 374 g/mol. The minimum atomic E-state index is -3.64. The summed E-state index contributed by atoms with van der Waals surface area (Å²) in [6.07, 6.45) is 2.87. The van der Waals surface area contributed by atoms with E-state index in [2.05, 4.69) is 10.3 Å². The van der Waals surface area contributed by atoms with Crippen LogP contribution in [-0.2, 0) is 10.0 Å². The lowest BCUT2D eigenvalue weighted by atomic mass is 10.2. The van der Waals surface area contributed by atoms with Crippen LogP contribution in [0.25, 0.3) is 0 Å². The maximum absolute atomic E-state index is 12.9. The minimum absolute atomic E-state index is 0.108. The standard InChI is InChI=1S/C18H22ClN3O3S/c1-3-10-22(11-4-2)26(24,25)16-7-5-6-14(12-16)18(23)21-17-9-8-15(19)13-20-17/h5-9,12-13H,3-4,10-11H2,1-2H3,(H,20,21,23). The second kappa shape index (κ2) is 9.12. The predicted molar refractivity (Wildman–Crippen MR) is 103 cm³/mol. The molecule has 8 heteroatoms. The van der Waals surface area contributed by atoms with Crippen LogP contribution < -0.4 is 5.32 Å². The summed E-state index contributed by atoms with van der Waals surface area (Å²) < 4.78 is 27.1. The number of nitrogens with zero attached hydrogens (tertiary/aromatic N) is 2. The van der Waals surface area contributed by atoms with Crippen LogP contribution in [0.3, 0.4) is 0 Å². The Balaban J connectivity index is 2.25. The molecule has 0 saturated carbocycles. The third-order valence-corrected chi connectivity index (χ3v) is 5.77. The van der Waals surface area contributed by atoms with Gasteiger partial charge >= 0.3 is 0 Å². The quantitative estimate of drug-likeness (QED) is 0.737. The zero-order chi connectivity index (χ0) is 19.2. The molecule has 2 aromatic rings. The molecule has 1 heterocycles. The molecule has 0 aliphatic rings. The number of halogens is 1. The van der Waals surface area contributed by atoms with Crippen molar-refractivity contribution >= 4 is 33.3 Å². The van der Waals surface area contributed by atoms with Crippen LogP contribution in [0, 0.1) is 0 Å². The van der Waals surface area contributed by atoms with E-state index >= 15 is 0 Å². The Morgan fingerprint density at radius 1 is 1.15 bits per heavy atom. The predicted octanol–water partition coefficient (Wildman–Crippen LogP) is 3.80. The Kier molecular flexibility index (Phi) is 7.14. The highest BCUT2D eigenvalue weighted by molar-refractivity contribution is 7.89. The Hall–Kier alpha value is -1.96. The molecule has 26 heavy (non-hydrogen) atoms. The lowest BCUT2D eigenvalue weighted by Crippen LogP contribution is -2.32. The molecule has 0 saturated heterocycles. The van der Waals surface area contributed by atoms with Crippen LogP contribution in [0.1, 0.15) is 37.0 Å². The smallest absolute Gasteiger partial charge is 0.256 e. The third-order valence-electron chi connectivity index (χ3n) is 3.65. The van der Waals surface area contributed by atoms with Crippen molar-refractivity contribution < 1.29 is 13.2 Å². The highest BCUT2D eigenvalue weighted by Gasteiger charge is 2.24. The summed E-state index contributed by atoms with van der Waals surface area (Å²) in [5.41, 5.74) is 0.246. The van der Waals surface area contributed by atoms with Gasteiger partial charge in [-0.15, -0.1) is 0 Å². The Morgan fingerprint density at radius 2 is 1.85 bits per heavy atom.